The predicted molar refractivity (Wildman–Crippen MR) is 75.0 cm³/mol. The predicted octanol–water partition coefficient (Wildman–Crippen LogP) is 2.45. The second-order valence-corrected chi connectivity index (χ2v) is 5.92. The second kappa shape index (κ2) is 5.80. The zero-order chi connectivity index (χ0) is 14.0. The maximum absolute atomic E-state index is 13.6. The summed E-state index contributed by atoms with van der Waals surface area (Å²) in [5, 5.41) is 0. The number of nitrogens with zero attached hydrogens (tertiary/aromatic N) is 1. The Bertz CT molecular complexity index is 460. The summed E-state index contributed by atoms with van der Waals surface area (Å²) in [4.78, 5) is 2.27. The van der Waals surface area contributed by atoms with Crippen LogP contribution in [0.3, 0.4) is 0 Å². The third kappa shape index (κ3) is 2.60. The van der Waals surface area contributed by atoms with Gasteiger partial charge in [0.25, 0.3) is 0 Å². The first-order valence-electron chi connectivity index (χ1n) is 7.32. The lowest BCUT2D eigenvalue weighted by Crippen LogP contribution is -2.64. The molecule has 0 amide bonds. The van der Waals surface area contributed by atoms with Crippen LogP contribution < -0.4 is 0 Å². The number of methoxy groups -OCH3 is 1. The molecule has 1 aromatic rings. The van der Waals surface area contributed by atoms with Crippen molar-refractivity contribution in [3.63, 3.8) is 0 Å². The van der Waals surface area contributed by atoms with Crippen LogP contribution in [0.2, 0.25) is 0 Å². The molecular weight excluding hydrogens is 257 g/mol. The van der Waals surface area contributed by atoms with Crippen molar-refractivity contribution in [3.8, 4) is 0 Å². The van der Waals surface area contributed by atoms with Crippen LogP contribution in [0.4, 0.5) is 4.39 Å². The highest BCUT2D eigenvalue weighted by molar-refractivity contribution is 5.18. The van der Waals surface area contributed by atoms with Crippen molar-refractivity contribution < 1.29 is 13.9 Å². The zero-order valence-electron chi connectivity index (χ0n) is 12.0. The molecule has 0 N–H and O–H groups in total. The van der Waals surface area contributed by atoms with Gasteiger partial charge in [-0.1, -0.05) is 18.2 Å². The van der Waals surface area contributed by atoms with Gasteiger partial charge in [-0.2, -0.15) is 0 Å². The minimum absolute atomic E-state index is 0.00376. The molecule has 2 aliphatic rings. The van der Waals surface area contributed by atoms with Gasteiger partial charge < -0.3 is 9.47 Å². The zero-order valence-corrected chi connectivity index (χ0v) is 12.0. The Morgan fingerprint density at radius 1 is 1.40 bits per heavy atom. The Labute approximate surface area is 119 Å². The lowest BCUT2D eigenvalue weighted by Gasteiger charge is -2.50. The van der Waals surface area contributed by atoms with Gasteiger partial charge in [-0.05, 0) is 24.8 Å². The standard InChI is InChI=1S/C16H22FNO2/c1-19-8-6-14-7-9-20-16(14)11-18(12-16)10-13-4-2-3-5-15(13)17/h2-5,14H,6-12H2,1H3/t14-/m1/s1. The molecule has 3 nitrogen and oxygen atoms in total. The average Bonchev–Trinajstić information content (AvgIpc) is 2.82. The molecule has 4 heteroatoms. The van der Waals surface area contributed by atoms with E-state index in [1.165, 1.54) is 6.07 Å². The van der Waals surface area contributed by atoms with Crippen molar-refractivity contribution in [2.45, 2.75) is 25.0 Å². The van der Waals surface area contributed by atoms with Crippen LogP contribution in [0.15, 0.2) is 24.3 Å². The number of ether oxygens (including phenoxy) is 2. The summed E-state index contributed by atoms with van der Waals surface area (Å²) in [6.07, 6.45) is 2.18. The molecule has 2 saturated heterocycles. The normalized spacial score (nSPS) is 25.0. The summed E-state index contributed by atoms with van der Waals surface area (Å²) in [7, 11) is 1.74. The molecule has 0 aliphatic carbocycles. The summed E-state index contributed by atoms with van der Waals surface area (Å²) in [5.74, 6) is 0.469. The quantitative estimate of drug-likeness (QED) is 0.826. The van der Waals surface area contributed by atoms with Gasteiger partial charge in [0.15, 0.2) is 0 Å². The molecule has 110 valence electrons. The lowest BCUT2D eigenvalue weighted by atomic mass is 9.79. The first-order chi connectivity index (χ1) is 9.73. The monoisotopic (exact) mass is 279 g/mol. The van der Waals surface area contributed by atoms with E-state index in [0.29, 0.717) is 12.5 Å². The highest BCUT2D eigenvalue weighted by atomic mass is 19.1. The molecule has 1 spiro atoms. The van der Waals surface area contributed by atoms with Gasteiger partial charge >= 0.3 is 0 Å². The van der Waals surface area contributed by atoms with Crippen molar-refractivity contribution in [1.82, 2.24) is 4.90 Å². The number of halogens is 1. The molecule has 0 bridgehead atoms. The van der Waals surface area contributed by atoms with E-state index < -0.39 is 0 Å². The van der Waals surface area contributed by atoms with E-state index >= 15 is 0 Å². The topological polar surface area (TPSA) is 21.7 Å². The maximum Gasteiger partial charge on any atom is 0.127 e. The molecule has 1 aromatic carbocycles. The average molecular weight is 279 g/mol. The fourth-order valence-electron chi connectivity index (χ4n) is 3.49. The fourth-order valence-corrected chi connectivity index (χ4v) is 3.49. The maximum atomic E-state index is 13.6. The summed E-state index contributed by atoms with van der Waals surface area (Å²) in [6.45, 7) is 4.14. The van der Waals surface area contributed by atoms with Gasteiger partial charge in [0, 0.05) is 45.5 Å². The molecule has 0 unspecified atom stereocenters. The van der Waals surface area contributed by atoms with Gasteiger partial charge in [-0.3, -0.25) is 4.90 Å². The van der Waals surface area contributed by atoms with Crippen LogP contribution in [0.5, 0.6) is 0 Å². The summed E-state index contributed by atoms with van der Waals surface area (Å²) in [5.41, 5.74) is 0.776. The summed E-state index contributed by atoms with van der Waals surface area (Å²) < 4.78 is 24.8. The van der Waals surface area contributed by atoms with E-state index in [0.717, 1.165) is 44.7 Å². The Morgan fingerprint density at radius 2 is 2.20 bits per heavy atom. The van der Waals surface area contributed by atoms with E-state index in [1.807, 2.05) is 12.1 Å². The van der Waals surface area contributed by atoms with Crippen molar-refractivity contribution in [1.29, 1.82) is 0 Å². The first-order valence-corrected chi connectivity index (χ1v) is 7.32. The third-order valence-electron chi connectivity index (χ3n) is 4.60. The van der Waals surface area contributed by atoms with Gasteiger partial charge in [0.1, 0.15) is 5.82 Å². The SMILES string of the molecule is COCC[C@@H]1CCOC12CN(Cc1ccccc1F)C2. The Balaban J connectivity index is 1.56. The molecule has 20 heavy (non-hydrogen) atoms. The summed E-state index contributed by atoms with van der Waals surface area (Å²) >= 11 is 0. The van der Waals surface area contributed by atoms with Crippen LogP contribution in [-0.2, 0) is 16.0 Å². The number of rotatable bonds is 5. The van der Waals surface area contributed by atoms with Crippen molar-refractivity contribution in [3.05, 3.63) is 35.6 Å². The minimum atomic E-state index is -0.114. The molecule has 0 aromatic heterocycles. The molecule has 0 radical (unpaired) electrons. The summed E-state index contributed by atoms with van der Waals surface area (Å²) in [6, 6.07) is 7.01. The van der Waals surface area contributed by atoms with Crippen LogP contribution in [0, 0.1) is 11.7 Å². The molecule has 2 heterocycles. The third-order valence-corrected chi connectivity index (χ3v) is 4.60. The first kappa shape index (κ1) is 14.0. The molecular formula is C16H22FNO2. The molecule has 0 saturated carbocycles. The van der Waals surface area contributed by atoms with E-state index in [9.17, 15) is 4.39 Å². The van der Waals surface area contributed by atoms with E-state index in [-0.39, 0.29) is 11.4 Å². The van der Waals surface area contributed by atoms with Gasteiger partial charge in [0.05, 0.1) is 5.60 Å². The van der Waals surface area contributed by atoms with E-state index in [2.05, 4.69) is 4.90 Å². The lowest BCUT2D eigenvalue weighted by molar-refractivity contribution is -0.138. The molecule has 3 rings (SSSR count). The van der Waals surface area contributed by atoms with E-state index in [4.69, 9.17) is 9.47 Å². The Hall–Kier alpha value is -0.970. The number of likely N-dealkylation sites (tertiary alicyclic amines) is 1. The second-order valence-electron chi connectivity index (χ2n) is 5.92. The van der Waals surface area contributed by atoms with Crippen LogP contribution >= 0.6 is 0 Å². The van der Waals surface area contributed by atoms with Crippen molar-refractivity contribution in [2.75, 3.05) is 33.4 Å². The van der Waals surface area contributed by atoms with Crippen molar-refractivity contribution in [2.24, 2.45) is 5.92 Å². The van der Waals surface area contributed by atoms with Gasteiger partial charge in [0.2, 0.25) is 0 Å². The van der Waals surface area contributed by atoms with Crippen LogP contribution in [0.1, 0.15) is 18.4 Å². The van der Waals surface area contributed by atoms with Gasteiger partial charge in [-0.25, -0.2) is 4.39 Å². The van der Waals surface area contributed by atoms with Gasteiger partial charge in [-0.15, -0.1) is 0 Å². The highest BCUT2D eigenvalue weighted by Crippen LogP contribution is 2.42. The number of hydrogen-bond donors (Lipinski definition) is 0. The van der Waals surface area contributed by atoms with Crippen molar-refractivity contribution >= 4 is 0 Å². The Kier molecular flexibility index (Phi) is 4.06. The minimum Gasteiger partial charge on any atom is -0.385 e. The van der Waals surface area contributed by atoms with E-state index in [1.54, 1.807) is 13.2 Å². The number of hydrogen-bond acceptors (Lipinski definition) is 3. The molecule has 1 atom stereocenters. The van der Waals surface area contributed by atoms with Crippen LogP contribution in [0.25, 0.3) is 0 Å². The fraction of sp³-hybridized carbons (Fsp3) is 0.625. The Morgan fingerprint density at radius 3 is 2.95 bits per heavy atom. The van der Waals surface area contributed by atoms with Crippen LogP contribution in [-0.4, -0.2) is 43.9 Å². The number of benzene rings is 1. The molecule has 2 aliphatic heterocycles. The highest BCUT2D eigenvalue weighted by Gasteiger charge is 2.52. The smallest absolute Gasteiger partial charge is 0.127 e. The largest absolute Gasteiger partial charge is 0.385 e. The molecule has 2 fully saturated rings.